The minimum atomic E-state index is -5.60. The zero-order valence-corrected chi connectivity index (χ0v) is 41.5. The molecular weight excluding hydrogens is 994 g/mol. The van der Waals surface area contributed by atoms with Crippen molar-refractivity contribution in [3.63, 3.8) is 0 Å². The van der Waals surface area contributed by atoms with Crippen LogP contribution >= 0.6 is 11.6 Å². The first kappa shape index (κ1) is 58.9. The van der Waals surface area contributed by atoms with E-state index in [1.807, 2.05) is 5.32 Å². The molecule has 0 saturated carbocycles. The molecule has 0 aromatic heterocycles. The van der Waals surface area contributed by atoms with E-state index in [0.29, 0.717) is 5.56 Å². The Morgan fingerprint density at radius 3 is 2.17 bits per heavy atom. The number of phenolic OH excluding ortho intramolecular Hbond substituents is 1. The van der Waals surface area contributed by atoms with Crippen molar-refractivity contribution in [1.82, 2.24) is 31.1 Å². The van der Waals surface area contributed by atoms with Crippen LogP contribution in [0.3, 0.4) is 0 Å². The van der Waals surface area contributed by atoms with Gasteiger partial charge in [-0.25, -0.2) is 13.2 Å². The molecule has 394 valence electrons. The molecule has 2 bridgehead atoms. The maximum atomic E-state index is 14.9. The summed E-state index contributed by atoms with van der Waals surface area (Å²) in [6.45, 7) is 5.89. The lowest BCUT2D eigenvalue weighted by molar-refractivity contribution is -0.168. The summed E-state index contributed by atoms with van der Waals surface area (Å²) in [6.07, 6.45) is -6.60. The molecule has 1 aromatic rings. The van der Waals surface area contributed by atoms with E-state index in [1.165, 1.54) is 25.2 Å². The molecule has 0 radical (unpaired) electrons. The Labute approximate surface area is 409 Å². The fraction of sp³-hybridized carbons (Fsp3) is 0.650. The Hall–Kier alpha value is -5.43. The lowest BCUT2D eigenvalue weighted by Crippen LogP contribution is -2.66. The lowest BCUT2D eigenvalue weighted by atomic mass is 9.91. The molecule has 2 aliphatic rings. The molecule has 0 spiro atoms. The van der Waals surface area contributed by atoms with Crippen molar-refractivity contribution in [2.45, 2.75) is 134 Å². The highest BCUT2D eigenvalue weighted by molar-refractivity contribution is 7.81. The van der Waals surface area contributed by atoms with Gasteiger partial charge in [-0.15, -0.1) is 0 Å². The van der Waals surface area contributed by atoms with Gasteiger partial charge in [0.05, 0.1) is 5.02 Å². The molecule has 2 fully saturated rings. The number of aromatic hydroxyl groups is 1. The second-order valence-corrected chi connectivity index (χ2v) is 19.4. The Morgan fingerprint density at radius 2 is 1.60 bits per heavy atom. The third-order valence-electron chi connectivity index (χ3n) is 11.8. The van der Waals surface area contributed by atoms with Crippen molar-refractivity contribution < 1.29 is 82.8 Å². The predicted molar refractivity (Wildman–Crippen MR) is 245 cm³/mol. The van der Waals surface area contributed by atoms with Crippen LogP contribution in [0, 0.1) is 11.8 Å². The number of amides is 6. The summed E-state index contributed by atoms with van der Waals surface area (Å²) in [5, 5.41) is 31.0. The normalized spacial score (nSPS) is 26.0. The second kappa shape index (κ2) is 25.6. The van der Waals surface area contributed by atoms with Crippen molar-refractivity contribution >= 4 is 79.8 Å². The van der Waals surface area contributed by atoms with Crippen LogP contribution < -0.4 is 32.7 Å². The average Bonchev–Trinajstić information content (AvgIpc) is 3.27. The van der Waals surface area contributed by atoms with Crippen molar-refractivity contribution in [1.29, 1.82) is 0 Å². The number of hydrogen-bond donors (Lipinski definition) is 10. The number of fused-ring (bicyclic) bond motifs is 2. The number of cyclic esters (lactones) is 1. The molecule has 1 aromatic carbocycles. The van der Waals surface area contributed by atoms with Gasteiger partial charge in [0.1, 0.15) is 60.9 Å². The fourth-order valence-electron chi connectivity index (χ4n) is 7.52. The number of likely N-dealkylation sites (N-methyl/N-ethyl adjacent to an activating group) is 1. The number of esters is 1. The zero-order valence-electron chi connectivity index (χ0n) is 39.1. The molecule has 2 aliphatic heterocycles. The molecule has 70 heavy (non-hydrogen) atoms. The number of ether oxygens (including phenoxy) is 1. The average molecular weight is 1060 g/mol. The number of carbonyl (C=O) groups excluding carboxylic acids is 7. The van der Waals surface area contributed by atoms with Crippen LogP contribution in [0.5, 0.6) is 5.75 Å². The van der Waals surface area contributed by atoms with Crippen LogP contribution in [0.25, 0.3) is 0 Å². The van der Waals surface area contributed by atoms with E-state index in [-0.39, 0.29) is 68.2 Å². The first-order chi connectivity index (χ1) is 32.5. The number of aliphatic imine (C=N–C) groups is 1. The maximum absolute atomic E-state index is 14.9. The van der Waals surface area contributed by atoms with Gasteiger partial charge in [-0.3, -0.25) is 42.9 Å². The standard InChI is InChI=1S/C40H62ClN9O18S2/c1-7-19(3)30-39(59)67-21(5)31(48-35(55)28(68-70(63,64)65)18-66-69(60,61)62)36(56)45-24(10-9-15-44-40(42)43)33(53)46-25-12-14-29(52)50(37(25)57)32(20(4)8-2)38(58)49(6)26(34(54)47-30)17-22-11-13-27(51)23(41)16-22/h11,13,16,19-21,24-26,28-32,51-52H,7-10,12,14-15,17-18H2,1-6H3,(H,45,56)(H,46,53)(H,47,54)(H,48,55)(H4,42,43,44)(H,60,61,62)(H,63,64,65)/t19?,20?,21?,24-,25?,26+,28-,29+,30-,31-,32-/m0/s1. The van der Waals surface area contributed by atoms with Crippen molar-refractivity contribution in [3.05, 3.63) is 28.8 Å². The van der Waals surface area contributed by atoms with Crippen molar-refractivity contribution in [3.8, 4) is 5.75 Å². The number of benzene rings is 1. The summed E-state index contributed by atoms with van der Waals surface area (Å²) in [7, 11) is -9.72. The van der Waals surface area contributed by atoms with Crippen LogP contribution in [0.1, 0.15) is 78.7 Å². The second-order valence-electron chi connectivity index (χ2n) is 16.9. The van der Waals surface area contributed by atoms with Gasteiger partial charge >= 0.3 is 26.8 Å². The number of aliphatic hydroxyl groups excluding tert-OH is 1. The van der Waals surface area contributed by atoms with Gasteiger partial charge < -0.3 is 57.5 Å². The summed E-state index contributed by atoms with van der Waals surface area (Å²) in [6, 6.07) is -5.83. The van der Waals surface area contributed by atoms with Gasteiger partial charge in [0.25, 0.3) is 5.91 Å². The number of nitrogens with zero attached hydrogens (tertiary/aromatic N) is 3. The van der Waals surface area contributed by atoms with Gasteiger partial charge in [0.15, 0.2) is 12.1 Å². The number of halogens is 1. The molecule has 3 rings (SSSR count). The summed E-state index contributed by atoms with van der Waals surface area (Å²) in [4.78, 5) is 106. The molecule has 0 aliphatic carbocycles. The van der Waals surface area contributed by atoms with Crippen LogP contribution in [0.4, 0.5) is 0 Å². The minimum absolute atomic E-state index is 0.0245. The molecular formula is C40H62ClN9O18S2. The third kappa shape index (κ3) is 16.9. The SMILES string of the molecule is CCC(C)[C@@H]1NC(=O)[C@@H](Cc2ccc(O)c(Cl)c2)N(C)C(=O)[C@H](C(C)CC)N2C(=O)C(CC[C@H]2O)NC(=O)[C@H](CCCN=C(N)N)NC(=O)[C@@H](NC(=O)[C@H](COS(=O)(=O)O)OS(=O)(=O)O)C(C)OC1=O. The molecule has 4 unspecified atom stereocenters. The number of nitrogens with one attached hydrogen (secondary N) is 4. The largest absolute Gasteiger partial charge is 0.506 e. The molecule has 2 heterocycles. The number of aliphatic hydroxyl groups is 1. The number of piperidine rings is 1. The quantitative estimate of drug-likeness (QED) is 0.0259. The number of hydrogen-bond acceptors (Lipinski definition) is 17. The van der Waals surface area contributed by atoms with Crippen LogP contribution in [0.15, 0.2) is 23.2 Å². The zero-order chi connectivity index (χ0) is 53.0. The molecule has 12 N–H and O–H groups in total. The Kier molecular flexibility index (Phi) is 21.5. The van der Waals surface area contributed by atoms with E-state index in [9.17, 15) is 65.2 Å². The topological polar surface area (TPSA) is 415 Å². The highest BCUT2D eigenvalue weighted by Crippen LogP contribution is 2.29. The maximum Gasteiger partial charge on any atom is 0.398 e. The van der Waals surface area contributed by atoms with Crippen LogP contribution in [0.2, 0.25) is 5.02 Å². The van der Waals surface area contributed by atoms with Crippen molar-refractivity contribution in [2.24, 2.45) is 28.3 Å². The molecule has 6 amide bonds. The van der Waals surface area contributed by atoms with E-state index in [1.54, 1.807) is 27.7 Å². The summed E-state index contributed by atoms with van der Waals surface area (Å²) >= 11 is 6.21. The van der Waals surface area contributed by atoms with Gasteiger partial charge in [-0.1, -0.05) is 58.2 Å². The van der Waals surface area contributed by atoms with Gasteiger partial charge in [0, 0.05) is 20.0 Å². The van der Waals surface area contributed by atoms with Gasteiger partial charge in [-0.2, -0.15) is 16.8 Å². The summed E-state index contributed by atoms with van der Waals surface area (Å²) in [5.41, 5.74) is 11.2. The van der Waals surface area contributed by atoms with Gasteiger partial charge in [-0.05, 0) is 62.1 Å². The molecule has 27 nitrogen and oxygen atoms in total. The monoisotopic (exact) mass is 1060 g/mol. The first-order valence-electron chi connectivity index (χ1n) is 22.0. The first-order valence-corrected chi connectivity index (χ1v) is 25.1. The van der Waals surface area contributed by atoms with Gasteiger partial charge in [0.2, 0.25) is 29.5 Å². The van der Waals surface area contributed by atoms with E-state index >= 15 is 0 Å². The number of rotatable bonds is 17. The fourth-order valence-corrected chi connectivity index (χ4v) is 8.46. The van der Waals surface area contributed by atoms with Crippen LogP contribution in [-0.4, -0.2) is 168 Å². The lowest BCUT2D eigenvalue weighted by Gasteiger charge is -2.44. The molecule has 11 atom stereocenters. The third-order valence-corrected chi connectivity index (χ3v) is 13.0. The Balaban J connectivity index is 2.31. The van der Waals surface area contributed by atoms with Crippen molar-refractivity contribution in [2.75, 3.05) is 20.2 Å². The number of carbonyl (C=O) groups is 7. The smallest absolute Gasteiger partial charge is 0.398 e. The number of nitrogens with two attached hydrogens (primary N) is 2. The summed E-state index contributed by atoms with van der Waals surface area (Å²) < 4.78 is 78.6. The minimum Gasteiger partial charge on any atom is -0.506 e. The predicted octanol–water partition coefficient (Wildman–Crippen LogP) is -2.24. The van der Waals surface area contributed by atoms with E-state index in [4.69, 9.17) is 32.4 Å². The Bertz CT molecular complexity index is 2340. The molecule has 30 heteroatoms. The Morgan fingerprint density at radius 1 is 0.957 bits per heavy atom. The highest BCUT2D eigenvalue weighted by atomic mass is 35.5. The van der Waals surface area contributed by atoms with E-state index in [0.717, 1.165) is 16.7 Å². The number of phenols is 1. The van der Waals surface area contributed by atoms with Crippen LogP contribution in [-0.2, 0) is 73.9 Å². The van der Waals surface area contributed by atoms with E-state index in [2.05, 4.69) is 29.3 Å². The number of guanidine groups is 1. The summed E-state index contributed by atoms with van der Waals surface area (Å²) in [5.74, 6) is -10.1. The van der Waals surface area contributed by atoms with E-state index < -0.39 is 135 Å². The molecule has 2 saturated heterocycles. The highest BCUT2D eigenvalue weighted by Gasteiger charge is 2.47.